The summed E-state index contributed by atoms with van der Waals surface area (Å²) in [7, 11) is -6.41. The predicted molar refractivity (Wildman–Crippen MR) is 93.0 cm³/mol. The van der Waals surface area contributed by atoms with E-state index < -0.39 is 29.8 Å². The van der Waals surface area contributed by atoms with Crippen LogP contribution in [0.4, 0.5) is 0 Å². The number of aromatic nitrogens is 2. The maximum Gasteiger partial charge on any atom is 0.346 e. The van der Waals surface area contributed by atoms with E-state index in [4.69, 9.17) is 4.74 Å². The first-order valence-electron chi connectivity index (χ1n) is 7.16. The van der Waals surface area contributed by atoms with Crippen molar-refractivity contribution in [3.8, 4) is 5.75 Å². The summed E-state index contributed by atoms with van der Waals surface area (Å²) >= 11 is 0. The van der Waals surface area contributed by atoms with Crippen LogP contribution in [-0.2, 0) is 22.7 Å². The Kier molecular flexibility index (Phi) is 4.85. The number of amides is 1. The minimum Gasteiger partial charge on any atom is -0.424 e. The van der Waals surface area contributed by atoms with Crippen molar-refractivity contribution in [3.05, 3.63) is 23.5 Å². The molecule has 1 aromatic carbocycles. The van der Waals surface area contributed by atoms with Gasteiger partial charge in [0, 0.05) is 26.6 Å². The Balaban J connectivity index is 2.98. The van der Waals surface area contributed by atoms with Crippen molar-refractivity contribution in [3.63, 3.8) is 0 Å². The lowest BCUT2D eigenvalue weighted by molar-refractivity contribution is -0.131. The van der Waals surface area contributed by atoms with E-state index in [2.05, 4.69) is 4.98 Å². The number of hydrogen-bond donors (Lipinski definition) is 0. The lowest BCUT2D eigenvalue weighted by atomic mass is 10.1. The average molecular weight is 403 g/mol. The van der Waals surface area contributed by atoms with Crippen LogP contribution in [0.1, 0.15) is 23.1 Å². The molecule has 2 aromatic rings. The first-order valence-corrected chi connectivity index (χ1v) is 11.0. The van der Waals surface area contributed by atoms with Crippen molar-refractivity contribution in [2.24, 2.45) is 0 Å². The Morgan fingerprint density at radius 1 is 1.15 bits per heavy atom. The summed E-state index contributed by atoms with van der Waals surface area (Å²) in [6.07, 6.45) is 0.551. The van der Waals surface area contributed by atoms with Crippen LogP contribution >= 0.6 is 0 Å². The summed E-state index contributed by atoms with van der Waals surface area (Å²) in [6, 6.07) is 2.43. The molecule has 0 aliphatic rings. The number of fused-ring (bicyclic) bond motifs is 1. The minimum absolute atomic E-state index is 0.00333. The van der Waals surface area contributed by atoms with Gasteiger partial charge in [0.1, 0.15) is 11.3 Å². The zero-order valence-electron chi connectivity index (χ0n) is 14.7. The van der Waals surface area contributed by atoms with E-state index in [1.807, 2.05) is 0 Å². The second-order valence-electron chi connectivity index (χ2n) is 5.72. The Hall–Kier alpha value is -2.47. The number of imidazole rings is 1. The van der Waals surface area contributed by atoms with Crippen molar-refractivity contribution in [2.75, 3.05) is 20.4 Å². The molecule has 0 N–H and O–H groups in total. The van der Waals surface area contributed by atoms with Gasteiger partial charge in [-0.1, -0.05) is 0 Å². The standard InChI is InChI=1S/C14H17N3O7S2/c1-8-15-13-11(17(8)26(22,23)25(5,20)21)6-10(14(19)16(3)4)7-12(13)24-9(2)18/h6-7H,1-5H3. The number of nitrogens with zero attached hydrogens (tertiary/aromatic N) is 3. The lowest BCUT2D eigenvalue weighted by Gasteiger charge is -2.12. The van der Waals surface area contributed by atoms with Gasteiger partial charge in [0.15, 0.2) is 5.75 Å². The summed E-state index contributed by atoms with van der Waals surface area (Å²) in [5, 5.41) is 0. The fourth-order valence-corrected chi connectivity index (χ4v) is 4.67. The van der Waals surface area contributed by atoms with Gasteiger partial charge in [-0.05, 0) is 19.1 Å². The smallest absolute Gasteiger partial charge is 0.346 e. The van der Waals surface area contributed by atoms with Crippen LogP contribution in [0, 0.1) is 6.92 Å². The van der Waals surface area contributed by atoms with Crippen LogP contribution in [0.25, 0.3) is 11.0 Å². The molecule has 26 heavy (non-hydrogen) atoms. The van der Waals surface area contributed by atoms with Crippen LogP contribution in [0.2, 0.25) is 0 Å². The Bertz CT molecular complexity index is 1130. The molecule has 142 valence electrons. The van der Waals surface area contributed by atoms with Crippen molar-refractivity contribution in [2.45, 2.75) is 13.8 Å². The quantitative estimate of drug-likeness (QED) is 0.399. The van der Waals surface area contributed by atoms with E-state index in [0.717, 1.165) is 6.92 Å². The Labute approximate surface area is 149 Å². The highest BCUT2D eigenvalue weighted by Gasteiger charge is 2.32. The molecule has 1 amide bonds. The molecule has 0 aliphatic heterocycles. The largest absolute Gasteiger partial charge is 0.424 e. The number of hydrogen-bond acceptors (Lipinski definition) is 8. The summed E-state index contributed by atoms with van der Waals surface area (Å²) < 4.78 is 53.9. The van der Waals surface area contributed by atoms with Gasteiger partial charge in [0.25, 0.3) is 14.8 Å². The molecule has 0 radical (unpaired) electrons. The third-order valence-electron chi connectivity index (χ3n) is 3.35. The van der Waals surface area contributed by atoms with Gasteiger partial charge in [0.2, 0.25) is 0 Å². The van der Waals surface area contributed by atoms with E-state index in [9.17, 15) is 26.4 Å². The zero-order chi connectivity index (χ0) is 20.0. The molecule has 2 rings (SSSR count). The third kappa shape index (κ3) is 3.29. The van der Waals surface area contributed by atoms with Gasteiger partial charge in [-0.3, -0.25) is 9.59 Å². The van der Waals surface area contributed by atoms with E-state index in [1.54, 1.807) is 0 Å². The molecule has 0 unspecified atom stereocenters. The summed E-state index contributed by atoms with van der Waals surface area (Å²) in [4.78, 5) is 28.9. The summed E-state index contributed by atoms with van der Waals surface area (Å²) in [5.41, 5.74) is -0.235. The number of benzene rings is 1. The molecule has 12 heteroatoms. The van der Waals surface area contributed by atoms with Crippen LogP contribution in [0.5, 0.6) is 5.75 Å². The van der Waals surface area contributed by atoms with E-state index in [1.165, 1.54) is 38.1 Å². The fraction of sp³-hybridized carbons (Fsp3) is 0.357. The molecule has 10 nitrogen and oxygen atoms in total. The number of esters is 1. The Morgan fingerprint density at radius 2 is 1.73 bits per heavy atom. The fourth-order valence-electron chi connectivity index (χ4n) is 2.27. The molecule has 1 heterocycles. The highest BCUT2D eigenvalue weighted by atomic mass is 33.2. The van der Waals surface area contributed by atoms with Gasteiger partial charge < -0.3 is 9.64 Å². The molecule has 0 saturated carbocycles. The minimum atomic E-state index is -4.84. The number of aryl methyl sites for hydroxylation is 1. The molecule has 0 atom stereocenters. The first kappa shape index (κ1) is 19.8. The van der Waals surface area contributed by atoms with Gasteiger partial charge in [-0.15, -0.1) is 0 Å². The second kappa shape index (κ2) is 6.36. The number of rotatable bonds is 4. The molecule has 0 spiro atoms. The zero-order valence-corrected chi connectivity index (χ0v) is 16.3. The number of ether oxygens (including phenoxy) is 1. The van der Waals surface area contributed by atoms with Crippen LogP contribution in [-0.4, -0.2) is 62.9 Å². The van der Waals surface area contributed by atoms with Crippen molar-refractivity contribution >= 4 is 40.8 Å². The van der Waals surface area contributed by atoms with Crippen molar-refractivity contribution < 1.29 is 31.2 Å². The van der Waals surface area contributed by atoms with Crippen LogP contribution in [0.3, 0.4) is 0 Å². The summed E-state index contributed by atoms with van der Waals surface area (Å²) in [5.74, 6) is -1.51. The monoisotopic (exact) mass is 403 g/mol. The topological polar surface area (TPSA) is 133 Å². The highest BCUT2D eigenvalue weighted by Crippen LogP contribution is 2.30. The molecule has 0 aliphatic carbocycles. The van der Waals surface area contributed by atoms with Crippen LogP contribution in [0.15, 0.2) is 12.1 Å². The second-order valence-corrected chi connectivity index (χ2v) is 11.4. The predicted octanol–water partition coefficient (Wildman–Crippen LogP) is 0.109. The lowest BCUT2D eigenvalue weighted by Crippen LogP contribution is -2.24. The summed E-state index contributed by atoms with van der Waals surface area (Å²) in [6.45, 7) is 2.41. The van der Waals surface area contributed by atoms with Gasteiger partial charge >= 0.3 is 15.0 Å². The SMILES string of the molecule is CC(=O)Oc1cc(C(=O)N(C)C)cc2c1nc(C)n2S(=O)(=O)S(C)(=O)=O. The average Bonchev–Trinajstić information content (AvgIpc) is 2.81. The third-order valence-corrected chi connectivity index (χ3v) is 7.77. The number of carbonyl (C=O) groups excluding carboxylic acids is 2. The molecule has 1 aromatic heterocycles. The highest BCUT2D eigenvalue weighted by molar-refractivity contribution is 8.66. The van der Waals surface area contributed by atoms with Gasteiger partial charge in [-0.25, -0.2) is 17.4 Å². The van der Waals surface area contributed by atoms with E-state index >= 15 is 0 Å². The van der Waals surface area contributed by atoms with Crippen LogP contribution < -0.4 is 4.74 Å². The van der Waals surface area contributed by atoms with Crippen molar-refractivity contribution in [1.82, 2.24) is 13.9 Å². The molecular weight excluding hydrogens is 386 g/mol. The van der Waals surface area contributed by atoms with Gasteiger partial charge in [0.05, 0.1) is 11.8 Å². The van der Waals surface area contributed by atoms with E-state index in [-0.39, 0.29) is 28.2 Å². The molecule has 0 bridgehead atoms. The number of carbonyl (C=O) groups is 2. The normalized spacial score (nSPS) is 12.2. The maximum atomic E-state index is 12.4. The molecular formula is C14H17N3O7S2. The van der Waals surface area contributed by atoms with E-state index in [0.29, 0.717) is 10.2 Å². The molecule has 0 saturated heterocycles. The molecule has 0 fully saturated rings. The van der Waals surface area contributed by atoms with Gasteiger partial charge in [-0.2, -0.15) is 8.42 Å². The van der Waals surface area contributed by atoms with Crippen molar-refractivity contribution in [1.29, 1.82) is 0 Å². The maximum absolute atomic E-state index is 12.4. The Morgan fingerprint density at radius 3 is 2.19 bits per heavy atom. The first-order chi connectivity index (χ1) is 11.8.